The molecule has 4 aromatic carbocycles. The molecule has 1 fully saturated rings. The first kappa shape index (κ1) is 47.2. The predicted octanol–water partition coefficient (Wildman–Crippen LogP) is 4.15. The summed E-state index contributed by atoms with van der Waals surface area (Å²) in [4.78, 5) is 96.0. The van der Waals surface area contributed by atoms with Crippen LogP contribution in [-0.4, -0.2) is 88.2 Å². The van der Waals surface area contributed by atoms with E-state index >= 15 is 0 Å². The highest BCUT2D eigenvalue weighted by molar-refractivity contribution is 5.96. The van der Waals surface area contributed by atoms with Gasteiger partial charge in [0.15, 0.2) is 0 Å². The van der Waals surface area contributed by atoms with E-state index in [1.54, 1.807) is 62.4 Å². The number of carboxylic acids is 1. The Morgan fingerprint density at radius 2 is 1.13 bits per heavy atom. The highest BCUT2D eigenvalue weighted by atomic mass is 16.5. The summed E-state index contributed by atoms with van der Waals surface area (Å²) in [6.07, 6.45) is 0.901. The fraction of sp³-hybridized carbons (Fsp3) is 0.367. The van der Waals surface area contributed by atoms with Gasteiger partial charge in [-0.1, -0.05) is 135 Å². The number of aliphatic carboxylic acids is 1. The fourth-order valence-corrected chi connectivity index (χ4v) is 7.47. The van der Waals surface area contributed by atoms with Gasteiger partial charge in [-0.15, -0.1) is 0 Å². The predicted molar refractivity (Wildman–Crippen MR) is 235 cm³/mol. The van der Waals surface area contributed by atoms with Crippen LogP contribution in [0.2, 0.25) is 0 Å². The van der Waals surface area contributed by atoms with Gasteiger partial charge in [0.05, 0.1) is 12.3 Å². The summed E-state index contributed by atoms with van der Waals surface area (Å²) in [6.45, 7) is 5.22. The zero-order valence-electron chi connectivity index (χ0n) is 35.9. The number of carbonyl (C=O) groups excluding carboxylic acids is 6. The number of hydrogen-bond donors (Lipinski definition) is 5. The molecule has 5 N–H and O–H groups in total. The van der Waals surface area contributed by atoms with Gasteiger partial charge in [0.2, 0.25) is 29.5 Å². The molecule has 4 aromatic rings. The van der Waals surface area contributed by atoms with Crippen molar-refractivity contribution in [3.8, 4) is 0 Å². The van der Waals surface area contributed by atoms with Crippen LogP contribution in [0.5, 0.6) is 0 Å². The lowest BCUT2D eigenvalue weighted by Gasteiger charge is -2.32. The van der Waals surface area contributed by atoms with Crippen molar-refractivity contribution >= 4 is 41.5 Å². The summed E-state index contributed by atoms with van der Waals surface area (Å²) in [6, 6.07) is 30.8. The maximum atomic E-state index is 14.1. The molecule has 63 heavy (non-hydrogen) atoms. The third-order valence-corrected chi connectivity index (χ3v) is 11.0. The Labute approximate surface area is 368 Å². The molecule has 1 heterocycles. The number of carbonyl (C=O) groups is 7. The largest absolute Gasteiger partial charge is 0.480 e. The van der Waals surface area contributed by atoms with Crippen LogP contribution in [0.25, 0.3) is 0 Å². The Morgan fingerprint density at radius 1 is 0.619 bits per heavy atom. The normalized spacial score (nSPS) is 15.8. The molecule has 0 bridgehead atoms. The van der Waals surface area contributed by atoms with Crippen LogP contribution in [0.15, 0.2) is 121 Å². The molecule has 14 nitrogen and oxygen atoms in total. The molecule has 1 aliphatic rings. The number of benzene rings is 4. The summed E-state index contributed by atoms with van der Waals surface area (Å²) in [5, 5.41) is 20.8. The van der Waals surface area contributed by atoms with Crippen LogP contribution in [0.3, 0.4) is 0 Å². The average molecular weight is 860 g/mol. The van der Waals surface area contributed by atoms with E-state index in [0.29, 0.717) is 12.8 Å². The van der Waals surface area contributed by atoms with Crippen molar-refractivity contribution in [2.75, 3.05) is 6.54 Å². The van der Waals surface area contributed by atoms with Gasteiger partial charge in [0.1, 0.15) is 36.8 Å². The van der Waals surface area contributed by atoms with Gasteiger partial charge < -0.3 is 36.0 Å². The summed E-state index contributed by atoms with van der Waals surface area (Å²) >= 11 is 0. The van der Waals surface area contributed by atoms with E-state index in [4.69, 9.17) is 4.74 Å². The molecule has 0 saturated carbocycles. The van der Waals surface area contributed by atoms with Crippen molar-refractivity contribution < 1.29 is 43.4 Å². The van der Waals surface area contributed by atoms with Gasteiger partial charge in [-0.3, -0.25) is 28.8 Å². The second kappa shape index (κ2) is 23.4. The summed E-state index contributed by atoms with van der Waals surface area (Å²) < 4.78 is 5.52. The van der Waals surface area contributed by atoms with Crippen molar-refractivity contribution in [2.24, 2.45) is 11.8 Å². The molecule has 1 aliphatic heterocycles. The number of rotatable bonds is 21. The molecule has 0 unspecified atom stereocenters. The van der Waals surface area contributed by atoms with Crippen LogP contribution >= 0.6 is 0 Å². The Morgan fingerprint density at radius 3 is 1.65 bits per heavy atom. The third kappa shape index (κ3) is 14.4. The molecule has 0 radical (unpaired) electrons. The van der Waals surface area contributed by atoms with Crippen LogP contribution in [0, 0.1) is 11.8 Å². The zero-order chi connectivity index (χ0) is 45.3. The summed E-state index contributed by atoms with van der Waals surface area (Å²) in [5.74, 6) is -6.08. The highest BCUT2D eigenvalue weighted by Gasteiger charge is 2.40. The molecule has 0 spiro atoms. The molecule has 5 rings (SSSR count). The van der Waals surface area contributed by atoms with Gasteiger partial charge in [-0.2, -0.15) is 0 Å². The first-order valence-corrected chi connectivity index (χ1v) is 21.3. The summed E-state index contributed by atoms with van der Waals surface area (Å²) in [7, 11) is 0. The molecule has 0 aliphatic carbocycles. The van der Waals surface area contributed by atoms with E-state index in [-0.39, 0.29) is 38.8 Å². The van der Waals surface area contributed by atoms with Gasteiger partial charge in [0.25, 0.3) is 0 Å². The van der Waals surface area contributed by atoms with Crippen molar-refractivity contribution in [3.63, 3.8) is 0 Å². The quantitative estimate of drug-likeness (QED) is 0.0764. The van der Waals surface area contributed by atoms with E-state index in [1.807, 2.05) is 72.8 Å². The van der Waals surface area contributed by atoms with Gasteiger partial charge >= 0.3 is 11.9 Å². The summed E-state index contributed by atoms with van der Waals surface area (Å²) in [5.41, 5.74) is 3.07. The fourth-order valence-electron chi connectivity index (χ4n) is 7.47. The minimum Gasteiger partial charge on any atom is -0.480 e. The smallest absolute Gasteiger partial charge is 0.326 e. The molecular weight excluding hydrogens is 803 g/mol. The lowest BCUT2D eigenvalue weighted by Crippen LogP contribution is -2.59. The van der Waals surface area contributed by atoms with Crippen molar-refractivity contribution in [2.45, 2.75) is 96.1 Å². The lowest BCUT2D eigenvalue weighted by molar-refractivity contribution is -0.148. The Balaban J connectivity index is 1.25. The van der Waals surface area contributed by atoms with Gasteiger partial charge in [0, 0.05) is 19.4 Å². The van der Waals surface area contributed by atoms with E-state index < -0.39 is 83.5 Å². The first-order chi connectivity index (χ1) is 30.3. The molecule has 0 aromatic heterocycles. The maximum Gasteiger partial charge on any atom is 0.326 e. The third-order valence-electron chi connectivity index (χ3n) is 11.0. The molecule has 332 valence electrons. The Kier molecular flexibility index (Phi) is 17.5. The maximum absolute atomic E-state index is 14.1. The van der Waals surface area contributed by atoms with E-state index in [2.05, 4.69) is 21.3 Å². The van der Waals surface area contributed by atoms with Crippen LogP contribution < -0.4 is 21.3 Å². The van der Waals surface area contributed by atoms with E-state index in [0.717, 1.165) is 22.3 Å². The van der Waals surface area contributed by atoms with Crippen molar-refractivity contribution in [3.05, 3.63) is 144 Å². The van der Waals surface area contributed by atoms with Crippen LogP contribution in [0.1, 0.15) is 62.3 Å². The number of nitrogens with zero attached hydrogens (tertiary/aromatic N) is 1. The SMILES string of the molecule is CC(C)[C@H](NC(=O)[C@H](C)NC(=O)[C@H](Cc1ccccc1)NC(=O)[C@@H](CC(=O)OCc1ccccc1)Cc1ccccc1)C(=O)N1CCC[C@H]1C(=O)N[C@@H](Cc1ccccc1)C(=O)O. The first-order valence-electron chi connectivity index (χ1n) is 21.3. The molecule has 14 heteroatoms. The monoisotopic (exact) mass is 859 g/mol. The number of nitrogens with one attached hydrogen (secondary N) is 4. The number of amides is 5. The highest BCUT2D eigenvalue weighted by Crippen LogP contribution is 2.22. The average Bonchev–Trinajstić information content (AvgIpc) is 3.78. The van der Waals surface area contributed by atoms with Crippen LogP contribution in [-0.2, 0) is 64.2 Å². The second-order valence-corrected chi connectivity index (χ2v) is 16.2. The number of carboxylic acid groups (broad SMARTS) is 1. The van der Waals surface area contributed by atoms with Crippen LogP contribution in [0.4, 0.5) is 0 Å². The van der Waals surface area contributed by atoms with Crippen molar-refractivity contribution in [1.82, 2.24) is 26.2 Å². The Bertz CT molecular complexity index is 2160. The van der Waals surface area contributed by atoms with E-state index in [1.165, 1.54) is 11.8 Å². The standard InChI is InChI=1S/C49H57N5O9/c1-32(2)43(48(60)54-26-16-25-41(54)47(59)52-40(49(61)62)29-36-21-12-6-13-22-36)53-44(56)33(3)50-46(58)39(28-35-19-10-5-11-20-35)51-45(57)38(27-34-17-8-4-9-18-34)30-42(55)63-31-37-23-14-7-15-24-37/h4-15,17-24,32-33,38-41,43H,16,25-31H2,1-3H3,(H,50,58)(H,51,57)(H,52,59)(H,53,56)(H,61,62)/t33-,38+,39-,40-,41-,43-/m0/s1. The van der Waals surface area contributed by atoms with Gasteiger partial charge in [-0.25, -0.2) is 4.79 Å². The Hall–Kier alpha value is -6.83. The second-order valence-electron chi connectivity index (χ2n) is 16.2. The lowest BCUT2D eigenvalue weighted by atomic mass is 9.94. The number of likely N-dealkylation sites (tertiary alicyclic amines) is 1. The number of hydrogen-bond acceptors (Lipinski definition) is 8. The molecule has 5 amide bonds. The molecule has 6 atom stereocenters. The molecule has 1 saturated heterocycles. The number of esters is 1. The molecular formula is C49H57N5O9. The topological polar surface area (TPSA) is 200 Å². The van der Waals surface area contributed by atoms with Gasteiger partial charge in [-0.05, 0) is 54.4 Å². The number of ether oxygens (including phenoxy) is 1. The van der Waals surface area contributed by atoms with Crippen molar-refractivity contribution in [1.29, 1.82) is 0 Å². The van der Waals surface area contributed by atoms with E-state index in [9.17, 15) is 38.7 Å². The zero-order valence-corrected chi connectivity index (χ0v) is 35.9. The minimum atomic E-state index is -1.21. The minimum absolute atomic E-state index is 0.0396.